The summed E-state index contributed by atoms with van der Waals surface area (Å²) >= 11 is 0. The van der Waals surface area contributed by atoms with E-state index in [4.69, 9.17) is 4.42 Å². The lowest BCUT2D eigenvalue weighted by atomic mass is 10.1. The lowest BCUT2D eigenvalue weighted by Crippen LogP contribution is -2.19. The molecular weight excluding hydrogens is 292 g/mol. The van der Waals surface area contributed by atoms with Crippen LogP contribution < -0.4 is 10.5 Å². The summed E-state index contributed by atoms with van der Waals surface area (Å²) in [4.78, 5) is 27.4. The van der Waals surface area contributed by atoms with Gasteiger partial charge >= 0.3 is 5.63 Å². The lowest BCUT2D eigenvalue weighted by molar-refractivity contribution is -0.123. The van der Waals surface area contributed by atoms with Crippen molar-refractivity contribution in [2.45, 2.75) is 12.8 Å². The van der Waals surface area contributed by atoms with Crippen LogP contribution in [-0.4, -0.2) is 38.0 Å². The van der Waals surface area contributed by atoms with Crippen LogP contribution in [-0.2, 0) is 4.79 Å². The maximum Gasteiger partial charge on any atom is 0.343 e. The molecule has 1 aromatic carbocycles. The summed E-state index contributed by atoms with van der Waals surface area (Å²) < 4.78 is 5.35. The van der Waals surface area contributed by atoms with Crippen LogP contribution in [0.15, 0.2) is 39.6 Å². The van der Waals surface area contributed by atoms with E-state index in [1.165, 1.54) is 29.9 Å². The Kier molecular flexibility index (Phi) is 4.19. The standard InChI is InChI=1S/C18H20N2O3/c1-19(2)17(21)8-5-13-11-14-12-15(20-9-3-4-10-20)6-7-16(14)23-18(13)22/h5-8,11-12H,3-4,9-10H2,1-2H3. The Morgan fingerprint density at radius 3 is 2.65 bits per heavy atom. The number of hydrogen-bond donors (Lipinski definition) is 0. The molecule has 1 aliphatic rings. The van der Waals surface area contributed by atoms with Crippen molar-refractivity contribution in [2.75, 3.05) is 32.1 Å². The first-order chi connectivity index (χ1) is 11.0. The number of fused-ring (bicyclic) bond motifs is 1. The molecule has 1 aromatic heterocycles. The van der Waals surface area contributed by atoms with Crippen molar-refractivity contribution in [3.63, 3.8) is 0 Å². The number of benzene rings is 1. The number of likely N-dealkylation sites (N-methyl/N-ethyl adjacent to an activating group) is 1. The molecule has 0 N–H and O–H groups in total. The minimum Gasteiger partial charge on any atom is -0.422 e. The van der Waals surface area contributed by atoms with Crippen molar-refractivity contribution in [3.05, 3.63) is 46.3 Å². The average Bonchev–Trinajstić information content (AvgIpc) is 3.06. The zero-order valence-corrected chi connectivity index (χ0v) is 13.4. The molecule has 1 aliphatic heterocycles. The van der Waals surface area contributed by atoms with E-state index in [9.17, 15) is 9.59 Å². The molecule has 120 valence electrons. The summed E-state index contributed by atoms with van der Waals surface area (Å²) in [5.41, 5.74) is 1.65. The van der Waals surface area contributed by atoms with Crippen molar-refractivity contribution in [1.82, 2.24) is 4.90 Å². The molecule has 0 bridgehead atoms. The van der Waals surface area contributed by atoms with Gasteiger partial charge in [0.2, 0.25) is 5.91 Å². The molecule has 23 heavy (non-hydrogen) atoms. The van der Waals surface area contributed by atoms with Gasteiger partial charge in [-0.3, -0.25) is 4.79 Å². The molecule has 0 radical (unpaired) electrons. The van der Waals surface area contributed by atoms with Gasteiger partial charge in [-0.15, -0.1) is 0 Å². The number of carbonyl (C=O) groups is 1. The second-order valence-electron chi connectivity index (χ2n) is 5.97. The van der Waals surface area contributed by atoms with Crippen LogP contribution >= 0.6 is 0 Å². The van der Waals surface area contributed by atoms with Crippen molar-refractivity contribution in [3.8, 4) is 0 Å². The fourth-order valence-corrected chi connectivity index (χ4v) is 2.73. The molecule has 3 rings (SSSR count). The molecule has 0 atom stereocenters. The van der Waals surface area contributed by atoms with E-state index in [0.29, 0.717) is 11.1 Å². The fourth-order valence-electron chi connectivity index (χ4n) is 2.73. The molecule has 5 heteroatoms. The minimum atomic E-state index is -0.436. The van der Waals surface area contributed by atoms with Crippen LogP contribution in [0.1, 0.15) is 18.4 Å². The zero-order valence-electron chi connectivity index (χ0n) is 13.4. The minimum absolute atomic E-state index is 0.171. The second-order valence-corrected chi connectivity index (χ2v) is 5.97. The van der Waals surface area contributed by atoms with E-state index in [1.54, 1.807) is 20.2 Å². The molecular formula is C18H20N2O3. The Morgan fingerprint density at radius 2 is 1.96 bits per heavy atom. The Bertz CT molecular complexity index is 815. The number of amides is 1. The quantitative estimate of drug-likeness (QED) is 0.645. The number of rotatable bonds is 3. The van der Waals surface area contributed by atoms with Crippen molar-refractivity contribution in [2.24, 2.45) is 0 Å². The topological polar surface area (TPSA) is 53.8 Å². The Balaban J connectivity index is 1.97. The summed E-state index contributed by atoms with van der Waals surface area (Å²) in [5.74, 6) is -0.171. The molecule has 2 heterocycles. The average molecular weight is 312 g/mol. The Morgan fingerprint density at radius 1 is 1.22 bits per heavy atom. The lowest BCUT2D eigenvalue weighted by Gasteiger charge is -2.17. The van der Waals surface area contributed by atoms with Crippen LogP contribution in [0.4, 0.5) is 5.69 Å². The third kappa shape index (κ3) is 3.28. The smallest absolute Gasteiger partial charge is 0.343 e. The van der Waals surface area contributed by atoms with Gasteiger partial charge in [-0.1, -0.05) is 0 Å². The van der Waals surface area contributed by atoms with E-state index >= 15 is 0 Å². The monoisotopic (exact) mass is 312 g/mol. The molecule has 0 aliphatic carbocycles. The van der Waals surface area contributed by atoms with Gasteiger partial charge < -0.3 is 14.2 Å². The number of hydrogen-bond acceptors (Lipinski definition) is 4. The first kappa shape index (κ1) is 15.3. The maximum absolute atomic E-state index is 12.0. The summed E-state index contributed by atoms with van der Waals surface area (Å²) in [7, 11) is 3.33. The second kappa shape index (κ2) is 6.28. The van der Waals surface area contributed by atoms with Crippen LogP contribution in [0.3, 0.4) is 0 Å². The van der Waals surface area contributed by atoms with E-state index in [2.05, 4.69) is 4.90 Å². The van der Waals surface area contributed by atoms with E-state index < -0.39 is 5.63 Å². The molecule has 2 aromatic rings. The van der Waals surface area contributed by atoms with Gasteiger partial charge in [0, 0.05) is 44.3 Å². The van der Waals surface area contributed by atoms with Crippen LogP contribution in [0.25, 0.3) is 17.0 Å². The third-order valence-electron chi connectivity index (χ3n) is 4.06. The molecule has 0 unspecified atom stereocenters. The van der Waals surface area contributed by atoms with Gasteiger partial charge in [0.05, 0.1) is 5.56 Å². The molecule has 5 nitrogen and oxygen atoms in total. The molecule has 1 amide bonds. The van der Waals surface area contributed by atoms with Gasteiger partial charge in [0.15, 0.2) is 0 Å². The van der Waals surface area contributed by atoms with E-state index in [0.717, 1.165) is 24.2 Å². The first-order valence-electron chi connectivity index (χ1n) is 7.77. The normalized spacial score (nSPS) is 14.8. The molecule has 1 saturated heterocycles. The summed E-state index contributed by atoms with van der Waals surface area (Å²) in [6.45, 7) is 2.12. The SMILES string of the molecule is CN(C)C(=O)C=Cc1cc2cc(N3CCCC3)ccc2oc1=O. The number of carbonyl (C=O) groups excluding carboxylic acids is 1. The number of nitrogens with zero attached hydrogens (tertiary/aromatic N) is 2. The van der Waals surface area contributed by atoms with Crippen molar-refractivity contribution >= 4 is 28.6 Å². The summed E-state index contributed by atoms with van der Waals surface area (Å²) in [6, 6.07) is 7.64. The van der Waals surface area contributed by atoms with Crippen LogP contribution in [0.2, 0.25) is 0 Å². The molecule has 0 saturated carbocycles. The highest BCUT2D eigenvalue weighted by Crippen LogP contribution is 2.25. The zero-order chi connectivity index (χ0) is 16.4. The highest BCUT2D eigenvalue weighted by molar-refractivity contribution is 5.92. The van der Waals surface area contributed by atoms with Gasteiger partial charge in [-0.05, 0) is 43.2 Å². The largest absolute Gasteiger partial charge is 0.422 e. The first-order valence-corrected chi connectivity index (χ1v) is 7.77. The summed E-state index contributed by atoms with van der Waals surface area (Å²) in [6.07, 6.45) is 5.31. The van der Waals surface area contributed by atoms with E-state index in [1.807, 2.05) is 18.2 Å². The highest BCUT2D eigenvalue weighted by Gasteiger charge is 2.13. The van der Waals surface area contributed by atoms with Crippen LogP contribution in [0.5, 0.6) is 0 Å². The van der Waals surface area contributed by atoms with Gasteiger partial charge in [-0.2, -0.15) is 0 Å². The third-order valence-corrected chi connectivity index (χ3v) is 4.06. The van der Waals surface area contributed by atoms with Gasteiger partial charge in [0.1, 0.15) is 5.58 Å². The van der Waals surface area contributed by atoms with E-state index in [-0.39, 0.29) is 5.91 Å². The number of anilines is 1. The summed E-state index contributed by atoms with van der Waals surface area (Å²) in [5, 5.41) is 0.867. The van der Waals surface area contributed by atoms with Gasteiger partial charge in [0.25, 0.3) is 0 Å². The fraction of sp³-hybridized carbons (Fsp3) is 0.333. The Hall–Kier alpha value is -2.56. The van der Waals surface area contributed by atoms with Crippen LogP contribution in [0, 0.1) is 0 Å². The van der Waals surface area contributed by atoms with Gasteiger partial charge in [-0.25, -0.2) is 4.79 Å². The maximum atomic E-state index is 12.0. The molecule has 1 fully saturated rings. The predicted octanol–water partition coefficient (Wildman–Crippen LogP) is 2.49. The van der Waals surface area contributed by atoms with Crippen molar-refractivity contribution < 1.29 is 9.21 Å². The molecule has 0 spiro atoms. The highest BCUT2D eigenvalue weighted by atomic mass is 16.4. The van der Waals surface area contributed by atoms with Crippen molar-refractivity contribution in [1.29, 1.82) is 0 Å². The predicted molar refractivity (Wildman–Crippen MR) is 91.7 cm³/mol. The Labute approximate surface area is 134 Å².